The monoisotopic (exact) mass is 234 g/mol. The van der Waals surface area contributed by atoms with Gasteiger partial charge in [0.05, 0.1) is 7.11 Å². The van der Waals surface area contributed by atoms with Gasteiger partial charge < -0.3 is 4.74 Å². The zero-order valence-electron chi connectivity index (χ0n) is 12.0. The van der Waals surface area contributed by atoms with E-state index >= 15 is 0 Å². The molecular formula is C16H26O. The molecule has 0 aliphatic rings. The quantitative estimate of drug-likeness (QED) is 0.702. The van der Waals surface area contributed by atoms with Crippen LogP contribution in [0.3, 0.4) is 0 Å². The van der Waals surface area contributed by atoms with Crippen LogP contribution in [0.4, 0.5) is 0 Å². The molecular weight excluding hydrogens is 208 g/mol. The minimum atomic E-state index is 0.671. The Kier molecular flexibility index (Phi) is 5.54. The number of methoxy groups -OCH3 is 1. The van der Waals surface area contributed by atoms with Gasteiger partial charge in [-0.3, -0.25) is 0 Å². The Balaban J connectivity index is 2.97. The van der Waals surface area contributed by atoms with E-state index in [-0.39, 0.29) is 0 Å². The summed E-state index contributed by atoms with van der Waals surface area (Å²) in [6, 6.07) is 4.55. The van der Waals surface area contributed by atoms with Crippen molar-refractivity contribution in [1.82, 2.24) is 0 Å². The Morgan fingerprint density at radius 3 is 2.41 bits per heavy atom. The zero-order valence-corrected chi connectivity index (χ0v) is 12.0. The van der Waals surface area contributed by atoms with Crippen LogP contribution in [0.2, 0.25) is 0 Å². The van der Waals surface area contributed by atoms with Crippen LogP contribution in [-0.4, -0.2) is 7.11 Å². The van der Waals surface area contributed by atoms with Gasteiger partial charge in [-0.15, -0.1) is 0 Å². The number of unbranched alkanes of at least 4 members (excludes halogenated alkanes) is 1. The highest BCUT2D eigenvalue weighted by Crippen LogP contribution is 2.26. The summed E-state index contributed by atoms with van der Waals surface area (Å²) < 4.78 is 5.52. The lowest BCUT2D eigenvalue weighted by atomic mass is 9.95. The SMILES string of the molecule is CCCCc1cc(OC)c(CC(C)C)cc1C. The van der Waals surface area contributed by atoms with E-state index in [0.717, 1.165) is 12.2 Å². The summed E-state index contributed by atoms with van der Waals surface area (Å²) in [6.07, 6.45) is 4.77. The Bertz CT molecular complexity index is 353. The van der Waals surface area contributed by atoms with Crippen molar-refractivity contribution < 1.29 is 4.74 Å². The number of ether oxygens (including phenoxy) is 1. The van der Waals surface area contributed by atoms with Crippen molar-refractivity contribution in [3.05, 3.63) is 28.8 Å². The molecule has 0 N–H and O–H groups in total. The fourth-order valence-corrected chi connectivity index (χ4v) is 2.22. The maximum atomic E-state index is 5.52. The fourth-order valence-electron chi connectivity index (χ4n) is 2.22. The largest absolute Gasteiger partial charge is 0.496 e. The smallest absolute Gasteiger partial charge is 0.122 e. The van der Waals surface area contributed by atoms with Crippen molar-refractivity contribution in [2.24, 2.45) is 5.92 Å². The molecule has 0 saturated carbocycles. The van der Waals surface area contributed by atoms with Crippen LogP contribution in [0.1, 0.15) is 50.3 Å². The van der Waals surface area contributed by atoms with Crippen LogP contribution in [0.25, 0.3) is 0 Å². The molecule has 0 atom stereocenters. The highest BCUT2D eigenvalue weighted by molar-refractivity contribution is 5.42. The lowest BCUT2D eigenvalue weighted by Gasteiger charge is -2.15. The van der Waals surface area contributed by atoms with Gasteiger partial charge in [0.2, 0.25) is 0 Å². The summed E-state index contributed by atoms with van der Waals surface area (Å²) in [5.74, 6) is 1.74. The molecule has 1 rings (SSSR count). The summed E-state index contributed by atoms with van der Waals surface area (Å²) in [7, 11) is 1.78. The molecule has 0 fully saturated rings. The molecule has 1 aromatic carbocycles. The molecule has 96 valence electrons. The first kappa shape index (κ1) is 14.1. The van der Waals surface area contributed by atoms with E-state index in [4.69, 9.17) is 4.74 Å². The number of benzene rings is 1. The second-order valence-corrected chi connectivity index (χ2v) is 5.29. The van der Waals surface area contributed by atoms with Crippen LogP contribution in [-0.2, 0) is 12.8 Å². The van der Waals surface area contributed by atoms with E-state index in [9.17, 15) is 0 Å². The predicted molar refractivity (Wildman–Crippen MR) is 74.9 cm³/mol. The number of rotatable bonds is 6. The van der Waals surface area contributed by atoms with E-state index < -0.39 is 0 Å². The summed E-state index contributed by atoms with van der Waals surface area (Å²) in [6.45, 7) is 8.95. The van der Waals surface area contributed by atoms with Crippen molar-refractivity contribution in [1.29, 1.82) is 0 Å². The van der Waals surface area contributed by atoms with Gasteiger partial charge in [0.15, 0.2) is 0 Å². The van der Waals surface area contributed by atoms with E-state index in [1.54, 1.807) is 7.11 Å². The topological polar surface area (TPSA) is 9.23 Å². The van der Waals surface area contributed by atoms with Crippen molar-refractivity contribution in [3.8, 4) is 5.75 Å². The third-order valence-corrected chi connectivity index (χ3v) is 3.17. The third-order valence-electron chi connectivity index (χ3n) is 3.17. The van der Waals surface area contributed by atoms with Gasteiger partial charge in [0.25, 0.3) is 0 Å². The lowest BCUT2D eigenvalue weighted by molar-refractivity contribution is 0.406. The average molecular weight is 234 g/mol. The van der Waals surface area contributed by atoms with E-state index in [1.807, 2.05) is 0 Å². The van der Waals surface area contributed by atoms with E-state index in [0.29, 0.717) is 5.92 Å². The standard InChI is InChI=1S/C16H26O/c1-6-7-8-14-11-16(17-5)15(9-12(2)3)10-13(14)4/h10-12H,6-9H2,1-5H3. The Labute approximate surface area is 106 Å². The fraction of sp³-hybridized carbons (Fsp3) is 0.625. The second kappa shape index (κ2) is 6.68. The highest BCUT2D eigenvalue weighted by Gasteiger charge is 2.09. The maximum absolute atomic E-state index is 5.52. The predicted octanol–water partition coefficient (Wildman–Crippen LogP) is 4.54. The van der Waals surface area contributed by atoms with Crippen LogP contribution < -0.4 is 4.74 Å². The van der Waals surface area contributed by atoms with Gasteiger partial charge in [0.1, 0.15) is 5.75 Å². The van der Waals surface area contributed by atoms with Gasteiger partial charge in [-0.25, -0.2) is 0 Å². The minimum Gasteiger partial charge on any atom is -0.496 e. The van der Waals surface area contributed by atoms with Crippen LogP contribution in [0.5, 0.6) is 5.75 Å². The molecule has 0 spiro atoms. The Hall–Kier alpha value is -0.980. The van der Waals surface area contributed by atoms with Crippen molar-refractivity contribution >= 4 is 0 Å². The van der Waals surface area contributed by atoms with Crippen LogP contribution in [0, 0.1) is 12.8 Å². The van der Waals surface area contributed by atoms with Crippen LogP contribution >= 0.6 is 0 Å². The lowest BCUT2D eigenvalue weighted by Crippen LogP contribution is -2.01. The molecule has 1 nitrogen and oxygen atoms in total. The molecule has 0 aliphatic carbocycles. The summed E-state index contributed by atoms with van der Waals surface area (Å²) in [4.78, 5) is 0. The molecule has 0 bridgehead atoms. The molecule has 17 heavy (non-hydrogen) atoms. The first-order valence-corrected chi connectivity index (χ1v) is 6.74. The molecule has 0 saturated heterocycles. The molecule has 0 aromatic heterocycles. The molecule has 1 aromatic rings. The van der Waals surface area contributed by atoms with Gasteiger partial charge in [-0.1, -0.05) is 33.3 Å². The van der Waals surface area contributed by atoms with E-state index in [1.165, 1.54) is 36.0 Å². The summed E-state index contributed by atoms with van der Waals surface area (Å²) >= 11 is 0. The second-order valence-electron chi connectivity index (χ2n) is 5.29. The number of hydrogen-bond donors (Lipinski definition) is 0. The van der Waals surface area contributed by atoms with Crippen molar-refractivity contribution in [2.75, 3.05) is 7.11 Å². The van der Waals surface area contributed by atoms with Crippen molar-refractivity contribution in [2.45, 2.75) is 53.4 Å². The number of aryl methyl sites for hydroxylation is 2. The normalized spacial score (nSPS) is 10.9. The van der Waals surface area contributed by atoms with Gasteiger partial charge >= 0.3 is 0 Å². The van der Waals surface area contributed by atoms with Gasteiger partial charge in [0, 0.05) is 0 Å². The maximum Gasteiger partial charge on any atom is 0.122 e. The van der Waals surface area contributed by atoms with Gasteiger partial charge in [-0.05, 0) is 54.9 Å². The molecule has 0 unspecified atom stereocenters. The molecule has 0 heterocycles. The third kappa shape index (κ3) is 4.07. The number of hydrogen-bond acceptors (Lipinski definition) is 1. The molecule has 1 heteroatoms. The summed E-state index contributed by atoms with van der Waals surface area (Å²) in [5, 5.41) is 0. The first-order valence-electron chi connectivity index (χ1n) is 6.74. The minimum absolute atomic E-state index is 0.671. The molecule has 0 aliphatic heterocycles. The zero-order chi connectivity index (χ0) is 12.8. The summed E-state index contributed by atoms with van der Waals surface area (Å²) in [5.41, 5.74) is 4.20. The molecule has 0 radical (unpaired) electrons. The Morgan fingerprint density at radius 2 is 1.88 bits per heavy atom. The highest BCUT2D eigenvalue weighted by atomic mass is 16.5. The van der Waals surface area contributed by atoms with Crippen LogP contribution in [0.15, 0.2) is 12.1 Å². The Morgan fingerprint density at radius 1 is 1.18 bits per heavy atom. The first-order chi connectivity index (χ1) is 8.08. The average Bonchev–Trinajstić information content (AvgIpc) is 2.27. The van der Waals surface area contributed by atoms with E-state index in [2.05, 4.69) is 39.8 Å². The molecule has 0 amide bonds. The van der Waals surface area contributed by atoms with Crippen molar-refractivity contribution in [3.63, 3.8) is 0 Å². The van der Waals surface area contributed by atoms with Gasteiger partial charge in [-0.2, -0.15) is 0 Å².